The third kappa shape index (κ3) is 6.54. The van der Waals surface area contributed by atoms with E-state index in [9.17, 15) is 0 Å². The molecule has 0 atom stereocenters. The topological polar surface area (TPSA) is 97.6 Å². The Kier molecular flexibility index (Phi) is 8.37. The van der Waals surface area contributed by atoms with Crippen molar-refractivity contribution in [3.63, 3.8) is 0 Å². The molecule has 9 nitrogen and oxygen atoms in total. The summed E-state index contributed by atoms with van der Waals surface area (Å²) in [6.07, 6.45) is 8.42. The quantitative estimate of drug-likeness (QED) is 0.142. The third-order valence-corrected chi connectivity index (χ3v) is 7.64. The summed E-state index contributed by atoms with van der Waals surface area (Å²) in [5, 5.41) is 7.88. The zero-order chi connectivity index (χ0) is 29.6. The molecule has 0 N–H and O–H groups in total. The largest absolute Gasteiger partial charge is 0.493 e. The Balaban J connectivity index is 1.17. The molecule has 0 fully saturated rings. The molecule has 4 heterocycles. The molecule has 0 aliphatic heterocycles. The van der Waals surface area contributed by atoms with Crippen molar-refractivity contribution >= 4 is 23.5 Å². The standard InChI is InChI=1S/C33H30N4O5S/c1-4-31-34-25(21-43-31)14-13-24-18-37(26-9-6-5-7-10-26)36-32(24)41-19-23-12-15-28(30(17-23)38-3)40-20-27-22(2)42-33(35-27)29-11-8-16-39-29/h5-18,21H,4,19-20H2,1-3H3/b14-13+. The molecular formula is C33H30N4O5S. The van der Waals surface area contributed by atoms with E-state index in [1.807, 2.05) is 78.5 Å². The number of hydrogen-bond donors (Lipinski definition) is 0. The summed E-state index contributed by atoms with van der Waals surface area (Å²) in [7, 11) is 1.61. The van der Waals surface area contributed by atoms with Gasteiger partial charge in [-0.25, -0.2) is 14.6 Å². The molecule has 10 heteroatoms. The molecule has 0 radical (unpaired) electrons. The van der Waals surface area contributed by atoms with E-state index >= 15 is 0 Å². The second-order valence-electron chi connectivity index (χ2n) is 9.58. The second kappa shape index (κ2) is 12.8. The summed E-state index contributed by atoms with van der Waals surface area (Å²) in [6, 6.07) is 19.2. The maximum Gasteiger partial charge on any atom is 0.263 e. The van der Waals surface area contributed by atoms with E-state index in [-0.39, 0.29) is 13.2 Å². The second-order valence-corrected chi connectivity index (χ2v) is 10.5. The Hall–Kier alpha value is -5.09. The fourth-order valence-corrected chi connectivity index (χ4v) is 5.05. The van der Waals surface area contributed by atoms with Crippen LogP contribution in [-0.4, -0.2) is 26.9 Å². The van der Waals surface area contributed by atoms with E-state index < -0.39 is 0 Å². The van der Waals surface area contributed by atoms with Gasteiger partial charge in [0.2, 0.25) is 5.88 Å². The zero-order valence-corrected chi connectivity index (χ0v) is 24.8. The van der Waals surface area contributed by atoms with Gasteiger partial charge in [0.25, 0.3) is 5.89 Å². The van der Waals surface area contributed by atoms with Crippen molar-refractivity contribution in [3.05, 3.63) is 112 Å². The van der Waals surface area contributed by atoms with Crippen LogP contribution in [0.2, 0.25) is 0 Å². The Bertz CT molecular complexity index is 1820. The lowest BCUT2D eigenvalue weighted by Crippen LogP contribution is -2.02. The lowest BCUT2D eigenvalue weighted by molar-refractivity contribution is 0.275. The molecule has 43 heavy (non-hydrogen) atoms. The van der Waals surface area contributed by atoms with Gasteiger partial charge in [-0.1, -0.05) is 31.2 Å². The number of thiazole rings is 1. The molecule has 0 aliphatic carbocycles. The lowest BCUT2D eigenvalue weighted by Gasteiger charge is -2.12. The number of rotatable bonds is 12. The summed E-state index contributed by atoms with van der Waals surface area (Å²) in [5.41, 5.74) is 4.28. The SMILES string of the molecule is CCc1nc(/C=C/c2cn(-c3ccccc3)nc2OCc2ccc(OCc3nc(-c4ccco4)oc3C)c(OC)c2)cs1. The Morgan fingerprint density at radius 2 is 1.84 bits per heavy atom. The van der Waals surface area contributed by atoms with Crippen LogP contribution in [0.3, 0.4) is 0 Å². The maximum absolute atomic E-state index is 6.23. The van der Waals surface area contributed by atoms with Crippen molar-refractivity contribution in [3.8, 4) is 34.7 Å². The summed E-state index contributed by atoms with van der Waals surface area (Å²) >= 11 is 1.66. The smallest absolute Gasteiger partial charge is 0.263 e. The van der Waals surface area contributed by atoms with Gasteiger partial charge in [0, 0.05) is 11.6 Å². The predicted octanol–water partition coefficient (Wildman–Crippen LogP) is 7.78. The van der Waals surface area contributed by atoms with Gasteiger partial charge in [-0.3, -0.25) is 0 Å². The van der Waals surface area contributed by atoms with Crippen molar-refractivity contribution < 1.29 is 23.0 Å². The summed E-state index contributed by atoms with van der Waals surface area (Å²) in [4.78, 5) is 9.15. The summed E-state index contributed by atoms with van der Waals surface area (Å²) < 4.78 is 30.8. The van der Waals surface area contributed by atoms with E-state index in [1.54, 1.807) is 36.8 Å². The van der Waals surface area contributed by atoms with Gasteiger partial charge in [0.05, 0.1) is 35.3 Å². The number of methoxy groups -OCH3 is 1. The highest BCUT2D eigenvalue weighted by Crippen LogP contribution is 2.31. The highest BCUT2D eigenvalue weighted by Gasteiger charge is 2.16. The fraction of sp³-hybridized carbons (Fsp3) is 0.182. The van der Waals surface area contributed by atoms with Crippen molar-refractivity contribution in [2.75, 3.05) is 7.11 Å². The number of hydrogen-bond acceptors (Lipinski definition) is 9. The van der Waals surface area contributed by atoms with Crippen LogP contribution in [0.4, 0.5) is 0 Å². The van der Waals surface area contributed by atoms with Gasteiger partial charge in [-0.15, -0.1) is 16.4 Å². The molecule has 0 saturated heterocycles. The average Bonchev–Trinajstić information content (AvgIpc) is 3.86. The molecule has 0 saturated carbocycles. The van der Waals surface area contributed by atoms with E-state index in [1.165, 1.54) is 0 Å². The van der Waals surface area contributed by atoms with Crippen LogP contribution in [0.1, 0.15) is 40.2 Å². The zero-order valence-electron chi connectivity index (χ0n) is 24.0. The third-order valence-electron chi connectivity index (χ3n) is 6.63. The van der Waals surface area contributed by atoms with Crippen molar-refractivity contribution in [1.82, 2.24) is 19.7 Å². The first-order chi connectivity index (χ1) is 21.1. The number of ether oxygens (including phenoxy) is 3. The van der Waals surface area contributed by atoms with E-state index in [4.69, 9.17) is 28.1 Å². The molecule has 0 spiro atoms. The molecular weight excluding hydrogens is 564 g/mol. The van der Waals surface area contributed by atoms with Crippen molar-refractivity contribution in [2.24, 2.45) is 0 Å². The van der Waals surface area contributed by atoms with Crippen molar-refractivity contribution in [2.45, 2.75) is 33.5 Å². The average molecular weight is 595 g/mol. The van der Waals surface area contributed by atoms with Gasteiger partial charge in [0.1, 0.15) is 24.7 Å². The maximum atomic E-state index is 6.23. The lowest BCUT2D eigenvalue weighted by atomic mass is 10.2. The molecule has 4 aromatic heterocycles. The van der Waals surface area contributed by atoms with E-state index in [2.05, 4.69) is 22.3 Å². The van der Waals surface area contributed by atoms with Crippen LogP contribution in [0.5, 0.6) is 17.4 Å². The minimum absolute atomic E-state index is 0.216. The minimum Gasteiger partial charge on any atom is -0.493 e. The van der Waals surface area contributed by atoms with Crippen LogP contribution < -0.4 is 14.2 Å². The van der Waals surface area contributed by atoms with Crippen LogP contribution >= 0.6 is 11.3 Å². The normalized spacial score (nSPS) is 11.3. The molecule has 0 unspecified atom stereocenters. The number of oxazole rings is 1. The number of benzene rings is 2. The Labute approximate surface area is 253 Å². The predicted molar refractivity (Wildman–Crippen MR) is 165 cm³/mol. The first kappa shape index (κ1) is 28.0. The molecule has 2 aromatic carbocycles. The number of aromatic nitrogens is 4. The first-order valence-corrected chi connectivity index (χ1v) is 14.7. The van der Waals surface area contributed by atoms with E-state index in [0.29, 0.717) is 40.5 Å². The fourth-order valence-electron chi connectivity index (χ4n) is 4.34. The number of aryl methyl sites for hydroxylation is 2. The molecule has 218 valence electrons. The highest BCUT2D eigenvalue weighted by atomic mass is 32.1. The van der Waals surface area contributed by atoms with Crippen LogP contribution in [0.25, 0.3) is 29.5 Å². The summed E-state index contributed by atoms with van der Waals surface area (Å²) in [5.74, 6) is 3.33. The first-order valence-electron chi connectivity index (χ1n) is 13.8. The number of furan rings is 1. The molecule has 0 bridgehead atoms. The number of para-hydroxylation sites is 1. The Morgan fingerprint density at radius 1 is 0.953 bits per heavy atom. The molecule has 0 amide bonds. The van der Waals surface area contributed by atoms with Crippen molar-refractivity contribution in [1.29, 1.82) is 0 Å². The highest BCUT2D eigenvalue weighted by molar-refractivity contribution is 7.09. The monoisotopic (exact) mass is 594 g/mol. The van der Waals surface area contributed by atoms with Gasteiger partial charge in [-0.05, 0) is 67.5 Å². The van der Waals surface area contributed by atoms with E-state index in [0.717, 1.165) is 33.9 Å². The van der Waals surface area contributed by atoms with Gasteiger partial charge < -0.3 is 23.0 Å². The summed E-state index contributed by atoms with van der Waals surface area (Å²) in [6.45, 7) is 4.45. The van der Waals surface area contributed by atoms with Gasteiger partial charge in [0.15, 0.2) is 17.3 Å². The molecule has 0 aliphatic rings. The van der Waals surface area contributed by atoms with Gasteiger partial charge in [-0.2, -0.15) is 0 Å². The minimum atomic E-state index is 0.216. The van der Waals surface area contributed by atoms with Crippen LogP contribution in [-0.2, 0) is 19.6 Å². The van der Waals surface area contributed by atoms with Crippen LogP contribution in [0, 0.1) is 6.92 Å². The number of nitrogens with zero attached hydrogens (tertiary/aromatic N) is 4. The molecule has 6 rings (SSSR count). The Morgan fingerprint density at radius 3 is 2.60 bits per heavy atom. The van der Waals surface area contributed by atoms with Gasteiger partial charge >= 0.3 is 0 Å². The van der Waals surface area contributed by atoms with Crippen LogP contribution in [0.15, 0.2) is 87.3 Å². The molecule has 6 aromatic rings.